The molecular weight excluding hydrogens is 429 g/mol. The van der Waals surface area contributed by atoms with E-state index in [2.05, 4.69) is 20.6 Å². The van der Waals surface area contributed by atoms with Crippen LogP contribution in [0.15, 0.2) is 60.7 Å². The van der Waals surface area contributed by atoms with E-state index >= 15 is 0 Å². The van der Waals surface area contributed by atoms with E-state index in [1.807, 2.05) is 12.1 Å². The molecular formula is C23H20FN5O4. The molecule has 1 aliphatic heterocycles. The summed E-state index contributed by atoms with van der Waals surface area (Å²) in [5, 5.41) is 15.4. The number of rotatable bonds is 6. The molecule has 3 heterocycles. The fraction of sp³-hybridized carbons (Fsp3) is 0.217. The lowest BCUT2D eigenvalue weighted by Gasteiger charge is -2.30. The molecule has 1 amide bonds. The fourth-order valence-corrected chi connectivity index (χ4v) is 3.46. The quantitative estimate of drug-likeness (QED) is 0.452. The summed E-state index contributed by atoms with van der Waals surface area (Å²) < 4.78 is 32.0. The van der Waals surface area contributed by atoms with Crippen LogP contribution in [0, 0.1) is 5.82 Å². The minimum atomic E-state index is -0.760. The molecule has 0 radical (unpaired) electrons. The molecule has 0 spiro atoms. The van der Waals surface area contributed by atoms with E-state index in [0.29, 0.717) is 34.4 Å². The first kappa shape index (κ1) is 20.7. The van der Waals surface area contributed by atoms with Gasteiger partial charge in [0.1, 0.15) is 18.5 Å². The number of halogens is 1. The van der Waals surface area contributed by atoms with E-state index < -0.39 is 12.2 Å². The second-order valence-electron chi connectivity index (χ2n) is 7.42. The number of carbonyl (C=O) groups is 1. The zero-order chi connectivity index (χ0) is 22.8. The summed E-state index contributed by atoms with van der Waals surface area (Å²) in [5.41, 5.74) is 1.20. The van der Waals surface area contributed by atoms with Crippen LogP contribution in [0.1, 0.15) is 6.92 Å². The van der Waals surface area contributed by atoms with Crippen molar-refractivity contribution in [1.29, 1.82) is 0 Å². The Morgan fingerprint density at radius 3 is 2.61 bits per heavy atom. The average molecular weight is 449 g/mol. The van der Waals surface area contributed by atoms with E-state index in [1.54, 1.807) is 43.3 Å². The van der Waals surface area contributed by atoms with Crippen LogP contribution < -0.4 is 19.5 Å². The lowest BCUT2D eigenvalue weighted by atomic mass is 10.1. The summed E-state index contributed by atoms with van der Waals surface area (Å²) in [6, 6.07) is 16.5. The van der Waals surface area contributed by atoms with E-state index in [0.717, 1.165) is 0 Å². The highest BCUT2D eigenvalue weighted by Gasteiger charge is 2.33. The van der Waals surface area contributed by atoms with E-state index in [4.69, 9.17) is 14.2 Å². The van der Waals surface area contributed by atoms with Crippen LogP contribution >= 0.6 is 0 Å². The highest BCUT2D eigenvalue weighted by molar-refractivity contribution is 5.82. The lowest BCUT2D eigenvalue weighted by Crippen LogP contribution is -2.49. The maximum absolute atomic E-state index is 13.2. The standard InChI is InChI=1S/C23H20FN5O4/c1-14-21(33-18-5-3-2-4-17(18)32-14)23(30)25-12-13-31-20-11-10-19-26-27-22(29(19)28-20)15-6-8-16(24)9-7-15/h2-11,14,21H,12-13H2,1H3,(H,25,30). The second-order valence-corrected chi connectivity index (χ2v) is 7.42. The van der Waals surface area contributed by atoms with Crippen molar-refractivity contribution >= 4 is 11.6 Å². The summed E-state index contributed by atoms with van der Waals surface area (Å²) in [5.74, 6) is 1.33. The molecule has 0 aliphatic carbocycles. The van der Waals surface area contributed by atoms with Crippen molar-refractivity contribution in [3.8, 4) is 28.8 Å². The minimum Gasteiger partial charge on any atom is -0.482 e. The number of carbonyl (C=O) groups excluding carboxylic acids is 1. The molecule has 2 aromatic carbocycles. The van der Waals surface area contributed by atoms with Crippen LogP contribution in [0.25, 0.3) is 17.0 Å². The van der Waals surface area contributed by atoms with Gasteiger partial charge in [0.15, 0.2) is 23.0 Å². The van der Waals surface area contributed by atoms with Gasteiger partial charge in [0.2, 0.25) is 12.0 Å². The topological polar surface area (TPSA) is 99.9 Å². The molecule has 10 heteroatoms. The maximum Gasteiger partial charge on any atom is 0.265 e. The fourth-order valence-electron chi connectivity index (χ4n) is 3.46. The Morgan fingerprint density at radius 1 is 1.06 bits per heavy atom. The van der Waals surface area contributed by atoms with Gasteiger partial charge < -0.3 is 19.5 Å². The van der Waals surface area contributed by atoms with Crippen LogP contribution in [-0.2, 0) is 4.79 Å². The summed E-state index contributed by atoms with van der Waals surface area (Å²) in [7, 11) is 0. The third kappa shape index (κ3) is 4.27. The molecule has 9 nitrogen and oxygen atoms in total. The first-order valence-corrected chi connectivity index (χ1v) is 10.4. The third-order valence-electron chi connectivity index (χ3n) is 5.09. The molecule has 2 aromatic heterocycles. The zero-order valence-electron chi connectivity index (χ0n) is 17.6. The molecule has 0 saturated heterocycles. The molecule has 0 saturated carbocycles. The predicted molar refractivity (Wildman–Crippen MR) is 116 cm³/mol. The summed E-state index contributed by atoms with van der Waals surface area (Å²) >= 11 is 0. The number of fused-ring (bicyclic) bond motifs is 2. The molecule has 1 N–H and O–H groups in total. The Morgan fingerprint density at radius 2 is 1.82 bits per heavy atom. The van der Waals surface area contributed by atoms with Gasteiger partial charge >= 0.3 is 0 Å². The SMILES string of the molecule is CC1Oc2ccccc2OC1C(=O)NCCOc1ccc2nnc(-c3ccc(F)cc3)n2n1. The highest BCUT2D eigenvalue weighted by atomic mass is 19.1. The molecule has 0 bridgehead atoms. The van der Waals surface area contributed by atoms with Crippen molar-refractivity contribution in [3.63, 3.8) is 0 Å². The molecule has 2 atom stereocenters. The van der Waals surface area contributed by atoms with Gasteiger partial charge in [-0.25, -0.2) is 4.39 Å². The first-order valence-electron chi connectivity index (χ1n) is 10.4. The Kier molecular flexibility index (Phi) is 5.47. The molecule has 4 aromatic rings. The average Bonchev–Trinajstić information content (AvgIpc) is 3.25. The maximum atomic E-state index is 13.2. The molecule has 0 fully saturated rings. The Balaban J connectivity index is 1.19. The zero-order valence-corrected chi connectivity index (χ0v) is 17.6. The van der Waals surface area contributed by atoms with Crippen LogP contribution in [0.5, 0.6) is 17.4 Å². The van der Waals surface area contributed by atoms with Crippen molar-refractivity contribution < 1.29 is 23.4 Å². The van der Waals surface area contributed by atoms with E-state index in [-0.39, 0.29) is 24.9 Å². The second kappa shape index (κ2) is 8.73. The molecule has 2 unspecified atom stereocenters. The van der Waals surface area contributed by atoms with Gasteiger partial charge in [-0.1, -0.05) is 12.1 Å². The van der Waals surface area contributed by atoms with Crippen molar-refractivity contribution in [2.45, 2.75) is 19.1 Å². The summed E-state index contributed by atoms with van der Waals surface area (Å²) in [6.45, 7) is 2.23. The van der Waals surface area contributed by atoms with Gasteiger partial charge in [0.05, 0.1) is 6.54 Å². The largest absolute Gasteiger partial charge is 0.482 e. The van der Waals surface area contributed by atoms with Crippen LogP contribution in [0.4, 0.5) is 4.39 Å². The van der Waals surface area contributed by atoms with Gasteiger partial charge in [-0.3, -0.25) is 4.79 Å². The van der Waals surface area contributed by atoms with Gasteiger partial charge in [-0.15, -0.1) is 15.3 Å². The van der Waals surface area contributed by atoms with Gasteiger partial charge in [0, 0.05) is 11.6 Å². The third-order valence-corrected chi connectivity index (χ3v) is 5.09. The summed E-state index contributed by atoms with van der Waals surface area (Å²) in [6.07, 6.45) is -1.19. The number of ether oxygens (including phenoxy) is 3. The van der Waals surface area contributed by atoms with Crippen LogP contribution in [-0.4, -0.2) is 51.1 Å². The predicted octanol–water partition coefficient (Wildman–Crippen LogP) is 2.65. The van der Waals surface area contributed by atoms with E-state index in [9.17, 15) is 9.18 Å². The smallest absolute Gasteiger partial charge is 0.265 e. The number of aromatic nitrogens is 4. The van der Waals surface area contributed by atoms with Gasteiger partial charge in [-0.05, 0) is 49.4 Å². The first-order chi connectivity index (χ1) is 16.1. The van der Waals surface area contributed by atoms with Crippen molar-refractivity contribution in [2.24, 2.45) is 0 Å². The molecule has 33 heavy (non-hydrogen) atoms. The number of nitrogens with zero attached hydrogens (tertiary/aromatic N) is 4. The minimum absolute atomic E-state index is 0.191. The van der Waals surface area contributed by atoms with Crippen LogP contribution in [0.3, 0.4) is 0 Å². The van der Waals surface area contributed by atoms with Crippen molar-refractivity contribution in [1.82, 2.24) is 25.1 Å². The van der Waals surface area contributed by atoms with Crippen molar-refractivity contribution in [2.75, 3.05) is 13.2 Å². The Labute approximate surface area is 188 Å². The lowest BCUT2D eigenvalue weighted by molar-refractivity contribution is -0.133. The number of benzene rings is 2. The van der Waals surface area contributed by atoms with E-state index in [1.165, 1.54) is 16.6 Å². The van der Waals surface area contributed by atoms with Gasteiger partial charge in [0.25, 0.3) is 5.91 Å². The Bertz CT molecular complexity index is 1290. The number of amides is 1. The molecule has 1 aliphatic rings. The Hall–Kier alpha value is -4.21. The number of nitrogens with one attached hydrogen (secondary N) is 1. The number of para-hydroxylation sites is 2. The van der Waals surface area contributed by atoms with Crippen LogP contribution in [0.2, 0.25) is 0 Å². The number of hydrogen-bond acceptors (Lipinski definition) is 7. The number of hydrogen-bond donors (Lipinski definition) is 1. The monoisotopic (exact) mass is 449 g/mol. The van der Waals surface area contributed by atoms with Crippen molar-refractivity contribution in [3.05, 3.63) is 66.5 Å². The normalized spacial score (nSPS) is 17.0. The molecule has 168 valence electrons. The molecule has 5 rings (SSSR count). The summed E-state index contributed by atoms with van der Waals surface area (Å²) in [4.78, 5) is 12.6. The highest BCUT2D eigenvalue weighted by Crippen LogP contribution is 2.33. The van der Waals surface area contributed by atoms with Gasteiger partial charge in [-0.2, -0.15) is 4.52 Å².